The fourth-order valence-electron chi connectivity index (χ4n) is 2.08. The summed E-state index contributed by atoms with van der Waals surface area (Å²) < 4.78 is 15.9. The molecular formula is C18H16ClNO4. The highest BCUT2D eigenvalue weighted by Crippen LogP contribution is 2.36. The number of ether oxygens (including phenoxy) is 3. The van der Waals surface area contributed by atoms with Crippen LogP contribution in [0.1, 0.15) is 28.4 Å². The van der Waals surface area contributed by atoms with Crippen LogP contribution in [0.25, 0.3) is 0 Å². The molecule has 24 heavy (non-hydrogen) atoms. The number of nitrogens with zero attached hydrogens (tertiary/aromatic N) is 1. The normalized spacial score (nSPS) is 9.92. The van der Waals surface area contributed by atoms with Gasteiger partial charge in [0.25, 0.3) is 0 Å². The predicted octanol–water partition coefficient (Wildman–Crippen LogP) is 3.98. The number of carbonyl (C=O) groups excluding carboxylic acids is 1. The van der Waals surface area contributed by atoms with Gasteiger partial charge in [0, 0.05) is 0 Å². The quantitative estimate of drug-likeness (QED) is 0.741. The molecule has 0 bridgehead atoms. The van der Waals surface area contributed by atoms with Gasteiger partial charge in [-0.1, -0.05) is 23.7 Å². The Balaban J connectivity index is 2.14. The fraction of sp³-hybridized carbons (Fsp3) is 0.222. The summed E-state index contributed by atoms with van der Waals surface area (Å²) in [5, 5.41) is 9.15. The zero-order chi connectivity index (χ0) is 17.5. The number of methoxy groups -OCH3 is 1. The van der Waals surface area contributed by atoms with Gasteiger partial charge in [0.1, 0.15) is 6.61 Å². The number of rotatable bonds is 6. The van der Waals surface area contributed by atoms with Crippen LogP contribution in [0.15, 0.2) is 36.4 Å². The highest BCUT2D eigenvalue weighted by molar-refractivity contribution is 6.32. The Kier molecular flexibility index (Phi) is 6.05. The molecule has 2 rings (SSSR count). The second kappa shape index (κ2) is 8.23. The van der Waals surface area contributed by atoms with Crippen molar-refractivity contribution in [1.82, 2.24) is 0 Å². The molecule has 0 saturated heterocycles. The Labute approximate surface area is 145 Å². The van der Waals surface area contributed by atoms with Gasteiger partial charge in [0.05, 0.1) is 35.9 Å². The van der Waals surface area contributed by atoms with Crippen molar-refractivity contribution in [2.24, 2.45) is 0 Å². The Morgan fingerprint density at radius 2 is 2.08 bits per heavy atom. The summed E-state index contributed by atoms with van der Waals surface area (Å²) in [5.74, 6) is 0.211. The molecule has 0 spiro atoms. The summed E-state index contributed by atoms with van der Waals surface area (Å²) >= 11 is 6.14. The number of nitriles is 1. The first-order valence-corrected chi connectivity index (χ1v) is 7.63. The Bertz CT molecular complexity index is 783. The van der Waals surface area contributed by atoms with E-state index in [-0.39, 0.29) is 17.2 Å². The number of benzene rings is 2. The molecule has 0 aliphatic rings. The molecule has 0 unspecified atom stereocenters. The monoisotopic (exact) mass is 345 g/mol. The topological polar surface area (TPSA) is 68.5 Å². The van der Waals surface area contributed by atoms with Gasteiger partial charge in [-0.15, -0.1) is 0 Å². The maximum absolute atomic E-state index is 12.2. The Morgan fingerprint density at radius 1 is 1.29 bits per heavy atom. The van der Waals surface area contributed by atoms with Crippen LogP contribution in [-0.4, -0.2) is 19.7 Å². The lowest BCUT2D eigenvalue weighted by Crippen LogP contribution is -2.07. The van der Waals surface area contributed by atoms with E-state index in [2.05, 4.69) is 0 Å². The van der Waals surface area contributed by atoms with Gasteiger partial charge >= 0.3 is 5.97 Å². The van der Waals surface area contributed by atoms with Gasteiger partial charge in [-0.25, -0.2) is 4.79 Å². The molecule has 0 aliphatic carbocycles. The minimum atomic E-state index is -0.541. The maximum atomic E-state index is 12.2. The van der Waals surface area contributed by atoms with E-state index in [0.29, 0.717) is 23.7 Å². The van der Waals surface area contributed by atoms with Gasteiger partial charge in [-0.05, 0) is 36.8 Å². The average Bonchev–Trinajstić information content (AvgIpc) is 2.61. The van der Waals surface area contributed by atoms with E-state index in [1.807, 2.05) is 13.0 Å². The van der Waals surface area contributed by atoms with Crippen LogP contribution < -0.4 is 9.47 Å². The van der Waals surface area contributed by atoms with E-state index in [4.69, 9.17) is 31.1 Å². The van der Waals surface area contributed by atoms with Crippen molar-refractivity contribution in [1.29, 1.82) is 5.26 Å². The highest BCUT2D eigenvalue weighted by atomic mass is 35.5. The van der Waals surface area contributed by atoms with Crippen LogP contribution in [0, 0.1) is 11.3 Å². The third-order valence-corrected chi connectivity index (χ3v) is 3.46. The van der Waals surface area contributed by atoms with Gasteiger partial charge in [-0.2, -0.15) is 5.26 Å². The first kappa shape index (κ1) is 17.6. The van der Waals surface area contributed by atoms with Crippen molar-refractivity contribution in [2.45, 2.75) is 13.5 Å². The standard InChI is InChI=1S/C18H16ClNO4/c1-3-23-17-15(19)8-14(9-16(17)22-2)18(21)24-11-13-6-4-5-12(7-13)10-20/h4-9H,3,11H2,1-2H3. The van der Waals surface area contributed by atoms with Crippen molar-refractivity contribution in [3.05, 3.63) is 58.1 Å². The minimum absolute atomic E-state index is 0.0570. The van der Waals surface area contributed by atoms with Crippen LogP contribution in [0.4, 0.5) is 0 Å². The molecule has 0 saturated carbocycles. The first-order valence-electron chi connectivity index (χ1n) is 7.25. The van der Waals surface area contributed by atoms with E-state index in [0.717, 1.165) is 5.56 Å². The Morgan fingerprint density at radius 3 is 2.75 bits per heavy atom. The van der Waals surface area contributed by atoms with Crippen molar-refractivity contribution in [3.8, 4) is 17.6 Å². The molecule has 6 heteroatoms. The van der Waals surface area contributed by atoms with Crippen LogP contribution in [0.2, 0.25) is 5.02 Å². The summed E-state index contributed by atoms with van der Waals surface area (Å²) in [6, 6.07) is 11.9. The number of esters is 1. The zero-order valence-corrected chi connectivity index (χ0v) is 14.1. The average molecular weight is 346 g/mol. The third-order valence-electron chi connectivity index (χ3n) is 3.18. The minimum Gasteiger partial charge on any atom is -0.493 e. The fourth-order valence-corrected chi connectivity index (χ4v) is 2.35. The zero-order valence-electron chi connectivity index (χ0n) is 13.3. The summed E-state index contributed by atoms with van der Waals surface area (Å²) in [5.41, 5.74) is 1.50. The third kappa shape index (κ3) is 4.18. The smallest absolute Gasteiger partial charge is 0.338 e. The van der Waals surface area contributed by atoms with Gasteiger partial charge < -0.3 is 14.2 Å². The van der Waals surface area contributed by atoms with E-state index < -0.39 is 5.97 Å². The number of hydrogen-bond donors (Lipinski definition) is 0. The van der Waals surface area contributed by atoms with Gasteiger partial charge in [0.2, 0.25) is 0 Å². The summed E-state index contributed by atoms with van der Waals surface area (Å²) in [7, 11) is 1.47. The van der Waals surface area contributed by atoms with E-state index in [1.54, 1.807) is 24.3 Å². The molecule has 2 aromatic rings. The summed E-state index contributed by atoms with van der Waals surface area (Å²) in [6.45, 7) is 2.31. The van der Waals surface area contributed by atoms with Crippen molar-refractivity contribution >= 4 is 17.6 Å². The molecule has 0 heterocycles. The van der Waals surface area contributed by atoms with E-state index >= 15 is 0 Å². The predicted molar refractivity (Wildman–Crippen MR) is 89.4 cm³/mol. The molecule has 0 atom stereocenters. The second-order valence-corrected chi connectivity index (χ2v) is 5.22. The van der Waals surface area contributed by atoms with Crippen molar-refractivity contribution in [3.63, 3.8) is 0 Å². The van der Waals surface area contributed by atoms with Crippen molar-refractivity contribution < 1.29 is 19.0 Å². The molecule has 0 amide bonds. The lowest BCUT2D eigenvalue weighted by molar-refractivity contribution is 0.0472. The molecule has 0 fully saturated rings. The van der Waals surface area contributed by atoms with E-state index in [9.17, 15) is 4.79 Å². The van der Waals surface area contributed by atoms with Crippen LogP contribution in [0.5, 0.6) is 11.5 Å². The van der Waals surface area contributed by atoms with Crippen LogP contribution >= 0.6 is 11.6 Å². The highest BCUT2D eigenvalue weighted by Gasteiger charge is 2.16. The molecule has 0 N–H and O–H groups in total. The van der Waals surface area contributed by atoms with Gasteiger partial charge in [-0.3, -0.25) is 0 Å². The second-order valence-electron chi connectivity index (χ2n) is 4.81. The number of halogens is 1. The number of hydrogen-bond acceptors (Lipinski definition) is 5. The van der Waals surface area contributed by atoms with Crippen LogP contribution in [-0.2, 0) is 11.3 Å². The van der Waals surface area contributed by atoms with Crippen molar-refractivity contribution in [2.75, 3.05) is 13.7 Å². The first-order chi connectivity index (χ1) is 11.6. The molecule has 124 valence electrons. The lowest BCUT2D eigenvalue weighted by Gasteiger charge is -2.13. The summed E-state index contributed by atoms with van der Waals surface area (Å²) in [6.07, 6.45) is 0. The van der Waals surface area contributed by atoms with Gasteiger partial charge in [0.15, 0.2) is 11.5 Å². The Hall–Kier alpha value is -2.71. The molecule has 2 aromatic carbocycles. The molecule has 0 aromatic heterocycles. The van der Waals surface area contributed by atoms with E-state index in [1.165, 1.54) is 19.2 Å². The molecule has 0 radical (unpaired) electrons. The SMILES string of the molecule is CCOc1c(Cl)cc(C(=O)OCc2cccc(C#N)c2)cc1OC. The molecular weight excluding hydrogens is 330 g/mol. The summed E-state index contributed by atoms with van der Waals surface area (Å²) in [4.78, 5) is 12.2. The molecule has 5 nitrogen and oxygen atoms in total. The maximum Gasteiger partial charge on any atom is 0.338 e. The number of carbonyl (C=O) groups is 1. The lowest BCUT2D eigenvalue weighted by atomic mass is 10.1. The largest absolute Gasteiger partial charge is 0.493 e. The molecule has 0 aliphatic heterocycles. The van der Waals surface area contributed by atoms with Crippen LogP contribution in [0.3, 0.4) is 0 Å².